The molecule has 10 heteroatoms. The van der Waals surface area contributed by atoms with Crippen LogP contribution in [0.25, 0.3) is 0 Å². The third-order valence-electron chi connectivity index (χ3n) is 3.50. The molecule has 0 saturated heterocycles. The Kier molecular flexibility index (Phi) is 4.86. The van der Waals surface area contributed by atoms with Crippen LogP contribution in [0.2, 0.25) is 0 Å². The molecule has 0 radical (unpaired) electrons. The lowest BCUT2D eigenvalue weighted by Gasteiger charge is -2.34. The molecular formula is C14H12ClF4N3O2. The average Bonchev–Trinajstić information content (AvgIpc) is 2.48. The van der Waals surface area contributed by atoms with Crippen LogP contribution in [0.3, 0.4) is 0 Å². The number of hydrogen-bond donors (Lipinski definition) is 1. The van der Waals surface area contributed by atoms with Crippen molar-refractivity contribution in [2.45, 2.75) is 18.3 Å². The predicted molar refractivity (Wildman–Crippen MR) is 77.4 cm³/mol. The van der Waals surface area contributed by atoms with Crippen molar-refractivity contribution in [1.29, 1.82) is 0 Å². The van der Waals surface area contributed by atoms with Gasteiger partial charge < -0.3 is 15.2 Å². The molecule has 2 heterocycles. The zero-order valence-electron chi connectivity index (χ0n) is 12.0. The molecule has 1 aliphatic heterocycles. The Balaban J connectivity index is 0.00000208. The third kappa shape index (κ3) is 3.36. The molecule has 2 aromatic rings. The molecule has 130 valence electrons. The normalized spacial score (nSPS) is 19.7. The van der Waals surface area contributed by atoms with Gasteiger partial charge in [0.15, 0.2) is 11.6 Å². The molecule has 0 aliphatic carbocycles. The highest BCUT2D eigenvalue weighted by Crippen LogP contribution is 2.38. The van der Waals surface area contributed by atoms with E-state index < -0.39 is 23.5 Å². The Hall–Kier alpha value is -2.13. The number of ether oxygens (including phenoxy) is 2. The maximum Gasteiger partial charge on any atom is 0.573 e. The van der Waals surface area contributed by atoms with Crippen LogP contribution in [-0.4, -0.2) is 22.9 Å². The van der Waals surface area contributed by atoms with Crippen molar-refractivity contribution in [3.05, 3.63) is 47.7 Å². The predicted octanol–water partition coefficient (Wildman–Crippen LogP) is 2.92. The van der Waals surface area contributed by atoms with E-state index in [1.807, 2.05) is 0 Å². The summed E-state index contributed by atoms with van der Waals surface area (Å²) in [5.41, 5.74) is 5.68. The van der Waals surface area contributed by atoms with Crippen molar-refractivity contribution in [2.75, 3.05) is 6.61 Å². The fourth-order valence-corrected chi connectivity index (χ4v) is 2.43. The second-order valence-electron chi connectivity index (χ2n) is 4.97. The van der Waals surface area contributed by atoms with Gasteiger partial charge >= 0.3 is 6.36 Å². The van der Waals surface area contributed by atoms with E-state index in [2.05, 4.69) is 14.7 Å². The summed E-state index contributed by atoms with van der Waals surface area (Å²) < 4.78 is 59.5. The smallest absolute Gasteiger partial charge is 0.476 e. The fraction of sp³-hybridized carbons (Fsp3) is 0.286. The van der Waals surface area contributed by atoms with Crippen molar-refractivity contribution < 1.29 is 27.0 Å². The monoisotopic (exact) mass is 365 g/mol. The minimum Gasteiger partial charge on any atom is -0.476 e. The summed E-state index contributed by atoms with van der Waals surface area (Å²) in [6.45, 7) is 0.227. The zero-order chi connectivity index (χ0) is 16.7. The largest absolute Gasteiger partial charge is 0.573 e. The van der Waals surface area contributed by atoms with Crippen LogP contribution in [0, 0.1) is 5.82 Å². The van der Waals surface area contributed by atoms with Crippen molar-refractivity contribution in [3.8, 4) is 11.6 Å². The van der Waals surface area contributed by atoms with Crippen LogP contribution >= 0.6 is 12.4 Å². The second kappa shape index (κ2) is 6.40. The maximum atomic E-state index is 13.9. The van der Waals surface area contributed by atoms with Crippen LogP contribution < -0.4 is 15.2 Å². The first-order valence-electron chi connectivity index (χ1n) is 6.58. The van der Waals surface area contributed by atoms with Crippen molar-refractivity contribution >= 4 is 12.4 Å². The summed E-state index contributed by atoms with van der Waals surface area (Å²) in [4.78, 5) is 8.11. The molecule has 1 aromatic carbocycles. The van der Waals surface area contributed by atoms with Gasteiger partial charge in [0, 0.05) is 18.8 Å². The van der Waals surface area contributed by atoms with Crippen LogP contribution in [0.15, 0.2) is 30.6 Å². The Morgan fingerprint density at radius 2 is 1.92 bits per heavy atom. The third-order valence-corrected chi connectivity index (χ3v) is 3.50. The lowest BCUT2D eigenvalue weighted by Crippen LogP contribution is -2.43. The Morgan fingerprint density at radius 1 is 1.21 bits per heavy atom. The van der Waals surface area contributed by atoms with E-state index in [0.29, 0.717) is 5.69 Å². The first-order chi connectivity index (χ1) is 10.8. The van der Waals surface area contributed by atoms with Gasteiger partial charge in [-0.2, -0.15) is 0 Å². The van der Waals surface area contributed by atoms with Crippen molar-refractivity contribution in [1.82, 2.24) is 9.97 Å². The molecular weight excluding hydrogens is 354 g/mol. The van der Waals surface area contributed by atoms with Crippen LogP contribution in [0.1, 0.15) is 17.7 Å². The van der Waals surface area contributed by atoms with Crippen molar-refractivity contribution in [3.63, 3.8) is 0 Å². The highest BCUT2D eigenvalue weighted by molar-refractivity contribution is 5.85. The van der Waals surface area contributed by atoms with Gasteiger partial charge in [0.2, 0.25) is 5.88 Å². The number of aromatic nitrogens is 2. The first-order valence-corrected chi connectivity index (χ1v) is 6.58. The molecule has 0 amide bonds. The highest BCUT2D eigenvalue weighted by Gasteiger charge is 2.39. The summed E-state index contributed by atoms with van der Waals surface area (Å²) in [6, 6.07) is 3.07. The molecule has 0 unspecified atom stereocenters. The van der Waals surface area contributed by atoms with E-state index in [-0.39, 0.29) is 36.9 Å². The molecule has 0 spiro atoms. The number of nitrogens with two attached hydrogens (primary N) is 1. The minimum absolute atomic E-state index is 0. The summed E-state index contributed by atoms with van der Waals surface area (Å²) in [6.07, 6.45) is -1.87. The second-order valence-corrected chi connectivity index (χ2v) is 4.97. The standard InChI is InChI=1S/C14H11F4N3O2.ClH/c15-9-7-8(1-2-10(9)23-14(16,17)18)13(19)3-6-22-12-11(13)20-4-5-21-12;/h1-2,4-5,7H,3,6,19H2;1H/t13-;/m0./s1. The summed E-state index contributed by atoms with van der Waals surface area (Å²) in [5, 5.41) is 0. The molecule has 1 aliphatic rings. The maximum absolute atomic E-state index is 13.9. The molecule has 1 aromatic heterocycles. The van der Waals surface area contributed by atoms with Crippen LogP contribution in [0.4, 0.5) is 17.6 Å². The SMILES string of the molecule is Cl.N[C@]1(c2ccc(OC(F)(F)F)c(F)c2)CCOc2nccnc21. The Bertz CT molecular complexity index is 744. The quantitative estimate of drug-likeness (QED) is 0.829. The van der Waals surface area contributed by atoms with E-state index in [1.165, 1.54) is 18.5 Å². The van der Waals surface area contributed by atoms with Crippen LogP contribution in [-0.2, 0) is 5.54 Å². The number of rotatable bonds is 2. The van der Waals surface area contributed by atoms with Crippen molar-refractivity contribution in [2.24, 2.45) is 5.73 Å². The van der Waals surface area contributed by atoms with Gasteiger partial charge in [-0.25, -0.2) is 9.37 Å². The molecule has 0 saturated carbocycles. The molecule has 24 heavy (non-hydrogen) atoms. The van der Waals surface area contributed by atoms with Gasteiger partial charge in [-0.05, 0) is 17.7 Å². The lowest BCUT2D eigenvalue weighted by molar-refractivity contribution is -0.275. The van der Waals surface area contributed by atoms with Gasteiger partial charge in [-0.1, -0.05) is 6.07 Å². The molecule has 0 bridgehead atoms. The van der Waals surface area contributed by atoms with E-state index in [1.54, 1.807) is 0 Å². The van der Waals surface area contributed by atoms with E-state index >= 15 is 0 Å². The Morgan fingerprint density at radius 3 is 2.58 bits per heavy atom. The molecule has 2 N–H and O–H groups in total. The topological polar surface area (TPSA) is 70.3 Å². The molecule has 1 atom stereocenters. The van der Waals surface area contributed by atoms with E-state index in [4.69, 9.17) is 10.5 Å². The highest BCUT2D eigenvalue weighted by atomic mass is 35.5. The van der Waals surface area contributed by atoms with E-state index in [0.717, 1.165) is 12.1 Å². The number of nitrogens with zero attached hydrogens (tertiary/aromatic N) is 2. The minimum atomic E-state index is -4.97. The summed E-state index contributed by atoms with van der Waals surface area (Å²) in [5.74, 6) is -1.87. The van der Waals surface area contributed by atoms with Gasteiger partial charge in [-0.3, -0.25) is 4.98 Å². The molecule has 3 rings (SSSR count). The lowest BCUT2D eigenvalue weighted by atomic mass is 9.83. The Labute approximate surface area is 140 Å². The number of halogens is 5. The summed E-state index contributed by atoms with van der Waals surface area (Å²) >= 11 is 0. The number of hydrogen-bond acceptors (Lipinski definition) is 5. The zero-order valence-corrected chi connectivity index (χ0v) is 12.8. The van der Waals surface area contributed by atoms with Crippen LogP contribution in [0.5, 0.6) is 11.6 Å². The first kappa shape index (κ1) is 18.2. The number of benzene rings is 1. The van der Waals surface area contributed by atoms with Gasteiger partial charge in [0.1, 0.15) is 5.69 Å². The van der Waals surface area contributed by atoms with Gasteiger partial charge in [0.05, 0.1) is 12.1 Å². The summed E-state index contributed by atoms with van der Waals surface area (Å²) in [7, 11) is 0. The number of alkyl halides is 3. The molecule has 5 nitrogen and oxygen atoms in total. The fourth-order valence-electron chi connectivity index (χ4n) is 2.43. The number of fused-ring (bicyclic) bond motifs is 1. The average molecular weight is 366 g/mol. The van der Waals surface area contributed by atoms with E-state index in [9.17, 15) is 17.6 Å². The van der Waals surface area contributed by atoms with Gasteiger partial charge in [0.25, 0.3) is 0 Å². The molecule has 0 fully saturated rings. The van der Waals surface area contributed by atoms with Gasteiger partial charge in [-0.15, -0.1) is 25.6 Å².